The second kappa shape index (κ2) is 8.45. The molecule has 1 aromatic rings. The molecule has 1 saturated heterocycles. The molecule has 2 fully saturated rings. The maximum atomic E-state index is 12.6. The van der Waals surface area contributed by atoms with Crippen molar-refractivity contribution in [2.75, 3.05) is 13.1 Å². The molecule has 1 aliphatic heterocycles. The standard InChI is InChI=1S/C20H29N3O2/c1-15-9-12-23(13-10-15)20(25)18-14-16(8-11-21-18)19(24)22-17-6-4-2-3-5-7-17/h8,11,14-15,17H,2-7,9-10,12-13H2,1H3,(H,22,24). The summed E-state index contributed by atoms with van der Waals surface area (Å²) in [5.41, 5.74) is 0.913. The van der Waals surface area contributed by atoms with Crippen molar-refractivity contribution >= 4 is 11.8 Å². The first-order chi connectivity index (χ1) is 12.1. The summed E-state index contributed by atoms with van der Waals surface area (Å²) in [6, 6.07) is 3.60. The summed E-state index contributed by atoms with van der Waals surface area (Å²) in [6.45, 7) is 3.78. The molecule has 1 aliphatic carbocycles. The molecular weight excluding hydrogens is 314 g/mol. The molecule has 1 N–H and O–H groups in total. The second-order valence-electron chi connectivity index (χ2n) is 7.57. The minimum atomic E-state index is -0.0874. The number of aromatic nitrogens is 1. The number of piperidine rings is 1. The maximum Gasteiger partial charge on any atom is 0.272 e. The van der Waals surface area contributed by atoms with Gasteiger partial charge in [0.15, 0.2) is 0 Å². The van der Waals surface area contributed by atoms with Crippen LogP contribution in [0.15, 0.2) is 18.3 Å². The Morgan fingerprint density at radius 1 is 1.08 bits per heavy atom. The van der Waals surface area contributed by atoms with Crippen LogP contribution in [0.5, 0.6) is 0 Å². The fraction of sp³-hybridized carbons (Fsp3) is 0.650. The van der Waals surface area contributed by atoms with Crippen LogP contribution in [0, 0.1) is 5.92 Å². The predicted molar refractivity (Wildman–Crippen MR) is 97.5 cm³/mol. The average Bonchev–Trinajstić information content (AvgIpc) is 2.90. The molecule has 1 aromatic heterocycles. The molecule has 5 nitrogen and oxygen atoms in total. The lowest BCUT2D eigenvalue weighted by molar-refractivity contribution is 0.0691. The largest absolute Gasteiger partial charge is 0.349 e. The van der Waals surface area contributed by atoms with E-state index in [1.165, 1.54) is 25.7 Å². The molecule has 0 aromatic carbocycles. The molecule has 0 unspecified atom stereocenters. The van der Waals surface area contributed by atoms with Crippen LogP contribution in [0.2, 0.25) is 0 Å². The van der Waals surface area contributed by atoms with Crippen molar-refractivity contribution in [1.82, 2.24) is 15.2 Å². The Balaban J connectivity index is 1.64. The molecule has 0 atom stereocenters. The van der Waals surface area contributed by atoms with Crippen LogP contribution in [0.3, 0.4) is 0 Å². The number of carbonyl (C=O) groups is 2. The number of amides is 2. The van der Waals surface area contributed by atoms with E-state index in [-0.39, 0.29) is 17.9 Å². The van der Waals surface area contributed by atoms with Gasteiger partial charge < -0.3 is 10.2 Å². The number of nitrogens with zero attached hydrogens (tertiary/aromatic N) is 2. The summed E-state index contributed by atoms with van der Waals surface area (Å²) in [4.78, 5) is 31.3. The third kappa shape index (κ3) is 4.80. The Morgan fingerprint density at radius 2 is 1.76 bits per heavy atom. The third-order valence-electron chi connectivity index (χ3n) is 5.50. The zero-order chi connectivity index (χ0) is 17.6. The van der Waals surface area contributed by atoms with Crippen molar-refractivity contribution in [3.8, 4) is 0 Å². The van der Waals surface area contributed by atoms with E-state index in [9.17, 15) is 9.59 Å². The van der Waals surface area contributed by atoms with E-state index in [2.05, 4.69) is 17.2 Å². The molecule has 5 heteroatoms. The summed E-state index contributed by atoms with van der Waals surface area (Å²) < 4.78 is 0. The highest BCUT2D eigenvalue weighted by Crippen LogP contribution is 2.19. The summed E-state index contributed by atoms with van der Waals surface area (Å²) in [5, 5.41) is 3.14. The van der Waals surface area contributed by atoms with E-state index in [0.717, 1.165) is 38.8 Å². The van der Waals surface area contributed by atoms with Gasteiger partial charge in [0.25, 0.3) is 11.8 Å². The van der Waals surface area contributed by atoms with E-state index in [0.29, 0.717) is 17.2 Å². The van der Waals surface area contributed by atoms with Crippen LogP contribution in [0.25, 0.3) is 0 Å². The smallest absolute Gasteiger partial charge is 0.272 e. The molecule has 2 amide bonds. The molecule has 1 saturated carbocycles. The molecular formula is C20H29N3O2. The Morgan fingerprint density at radius 3 is 2.44 bits per heavy atom. The molecule has 3 rings (SSSR count). The molecule has 0 bridgehead atoms. The molecule has 2 heterocycles. The normalized spacial score (nSPS) is 20.1. The Kier molecular flexibility index (Phi) is 6.05. The number of hydrogen-bond donors (Lipinski definition) is 1. The van der Waals surface area contributed by atoms with Crippen molar-refractivity contribution < 1.29 is 9.59 Å². The number of likely N-dealkylation sites (tertiary alicyclic amines) is 1. The monoisotopic (exact) mass is 343 g/mol. The van der Waals surface area contributed by atoms with Gasteiger partial charge in [-0.25, -0.2) is 0 Å². The molecule has 0 spiro atoms. The quantitative estimate of drug-likeness (QED) is 0.856. The van der Waals surface area contributed by atoms with Gasteiger partial charge in [-0.05, 0) is 43.7 Å². The predicted octanol–water partition coefficient (Wildman–Crippen LogP) is 3.41. The number of nitrogens with one attached hydrogen (secondary N) is 1. The van der Waals surface area contributed by atoms with Crippen molar-refractivity contribution in [3.05, 3.63) is 29.6 Å². The highest BCUT2D eigenvalue weighted by molar-refractivity contribution is 5.98. The Bertz CT molecular complexity index is 601. The second-order valence-corrected chi connectivity index (χ2v) is 7.57. The van der Waals surface area contributed by atoms with Crippen molar-refractivity contribution in [2.24, 2.45) is 5.92 Å². The molecule has 136 valence electrons. The van der Waals surface area contributed by atoms with Gasteiger partial charge in [0.1, 0.15) is 5.69 Å². The molecule has 25 heavy (non-hydrogen) atoms. The number of carbonyl (C=O) groups excluding carboxylic acids is 2. The van der Waals surface area contributed by atoms with Crippen LogP contribution in [-0.2, 0) is 0 Å². The van der Waals surface area contributed by atoms with E-state index >= 15 is 0 Å². The van der Waals surface area contributed by atoms with Gasteiger partial charge in [-0.1, -0.05) is 32.6 Å². The van der Waals surface area contributed by atoms with Crippen LogP contribution < -0.4 is 5.32 Å². The van der Waals surface area contributed by atoms with Gasteiger partial charge >= 0.3 is 0 Å². The fourth-order valence-corrected chi connectivity index (χ4v) is 3.75. The van der Waals surface area contributed by atoms with Gasteiger partial charge in [-0.3, -0.25) is 14.6 Å². The SMILES string of the molecule is CC1CCN(C(=O)c2cc(C(=O)NC3CCCCCC3)ccn2)CC1. The maximum absolute atomic E-state index is 12.6. The number of pyridine rings is 1. The van der Waals surface area contributed by atoms with Crippen LogP contribution in [-0.4, -0.2) is 40.8 Å². The van der Waals surface area contributed by atoms with E-state index in [1.54, 1.807) is 18.3 Å². The third-order valence-corrected chi connectivity index (χ3v) is 5.50. The fourth-order valence-electron chi connectivity index (χ4n) is 3.75. The zero-order valence-electron chi connectivity index (χ0n) is 15.2. The lowest BCUT2D eigenvalue weighted by Crippen LogP contribution is -2.38. The molecule has 0 radical (unpaired) electrons. The van der Waals surface area contributed by atoms with E-state index < -0.39 is 0 Å². The number of hydrogen-bond acceptors (Lipinski definition) is 3. The minimum Gasteiger partial charge on any atom is -0.349 e. The average molecular weight is 343 g/mol. The Hall–Kier alpha value is -1.91. The van der Waals surface area contributed by atoms with Crippen LogP contribution >= 0.6 is 0 Å². The summed E-state index contributed by atoms with van der Waals surface area (Å²) in [6.07, 6.45) is 10.6. The first-order valence-electron chi connectivity index (χ1n) is 9.69. The summed E-state index contributed by atoms with van der Waals surface area (Å²) in [5.74, 6) is 0.528. The Labute approximate surface area is 150 Å². The van der Waals surface area contributed by atoms with E-state index in [4.69, 9.17) is 0 Å². The van der Waals surface area contributed by atoms with Crippen molar-refractivity contribution in [1.29, 1.82) is 0 Å². The summed E-state index contributed by atoms with van der Waals surface area (Å²) in [7, 11) is 0. The van der Waals surface area contributed by atoms with Gasteiger partial charge in [-0.15, -0.1) is 0 Å². The van der Waals surface area contributed by atoms with Crippen LogP contribution in [0.1, 0.15) is 79.1 Å². The summed E-state index contributed by atoms with van der Waals surface area (Å²) >= 11 is 0. The number of rotatable bonds is 3. The van der Waals surface area contributed by atoms with Crippen LogP contribution in [0.4, 0.5) is 0 Å². The topological polar surface area (TPSA) is 62.3 Å². The van der Waals surface area contributed by atoms with Gasteiger partial charge in [-0.2, -0.15) is 0 Å². The minimum absolute atomic E-state index is 0.0592. The van der Waals surface area contributed by atoms with Gasteiger partial charge in [0, 0.05) is 30.9 Å². The zero-order valence-corrected chi connectivity index (χ0v) is 15.2. The lowest BCUT2D eigenvalue weighted by Gasteiger charge is -2.30. The highest BCUT2D eigenvalue weighted by Gasteiger charge is 2.23. The highest BCUT2D eigenvalue weighted by atomic mass is 16.2. The lowest BCUT2D eigenvalue weighted by atomic mass is 9.99. The van der Waals surface area contributed by atoms with Crippen molar-refractivity contribution in [2.45, 2.75) is 64.3 Å². The van der Waals surface area contributed by atoms with E-state index in [1.807, 2.05) is 4.90 Å². The van der Waals surface area contributed by atoms with Gasteiger partial charge in [0.2, 0.25) is 0 Å². The first kappa shape index (κ1) is 17.9. The van der Waals surface area contributed by atoms with Gasteiger partial charge in [0.05, 0.1) is 0 Å². The van der Waals surface area contributed by atoms with Crippen molar-refractivity contribution in [3.63, 3.8) is 0 Å². The first-order valence-corrected chi connectivity index (χ1v) is 9.69. The molecule has 2 aliphatic rings.